The van der Waals surface area contributed by atoms with Crippen LogP contribution in [0.15, 0.2) is 0 Å². The van der Waals surface area contributed by atoms with Crippen molar-refractivity contribution in [2.75, 3.05) is 6.61 Å². The van der Waals surface area contributed by atoms with Crippen LogP contribution in [0.1, 0.15) is 39.5 Å². The zero-order chi connectivity index (χ0) is 12.1. The van der Waals surface area contributed by atoms with Gasteiger partial charge in [0.25, 0.3) is 0 Å². The molecule has 3 atom stereocenters. The van der Waals surface area contributed by atoms with Gasteiger partial charge in [0.1, 0.15) is 12.1 Å². The van der Waals surface area contributed by atoms with Crippen LogP contribution in [0.2, 0.25) is 0 Å². The first kappa shape index (κ1) is 13.5. The molecular formula is C12H23NO3. The van der Waals surface area contributed by atoms with E-state index in [0.717, 1.165) is 12.8 Å². The maximum absolute atomic E-state index is 11.6. The molecule has 1 rings (SSSR count). The first-order valence-electron chi connectivity index (χ1n) is 6.09. The monoisotopic (exact) mass is 229 g/mol. The lowest BCUT2D eigenvalue weighted by molar-refractivity contribution is -0.154. The number of rotatable bonds is 4. The van der Waals surface area contributed by atoms with E-state index < -0.39 is 6.04 Å². The number of carbonyl (C=O) groups excluding carboxylic acids is 1. The fraction of sp³-hybridized carbons (Fsp3) is 0.917. The van der Waals surface area contributed by atoms with Gasteiger partial charge in [-0.1, -0.05) is 13.8 Å². The van der Waals surface area contributed by atoms with E-state index in [9.17, 15) is 4.79 Å². The Kier molecular flexibility index (Phi) is 5.22. The molecule has 0 heterocycles. The minimum Gasteiger partial charge on any atom is -0.461 e. The van der Waals surface area contributed by atoms with E-state index in [2.05, 4.69) is 13.8 Å². The van der Waals surface area contributed by atoms with Crippen molar-refractivity contribution >= 4 is 5.97 Å². The van der Waals surface area contributed by atoms with Gasteiger partial charge in [0.05, 0.1) is 0 Å². The molecule has 4 heteroatoms. The molecule has 94 valence electrons. The number of esters is 1. The number of ether oxygens (including phenoxy) is 1. The second kappa shape index (κ2) is 6.21. The minimum absolute atomic E-state index is 0.0102. The number of nitrogens with two attached hydrogens (primary N) is 1. The number of hydrogen-bond acceptors (Lipinski definition) is 4. The fourth-order valence-electron chi connectivity index (χ4n) is 2.48. The first-order valence-corrected chi connectivity index (χ1v) is 6.09. The van der Waals surface area contributed by atoms with Gasteiger partial charge in [0.2, 0.25) is 0 Å². The number of hydrogen-bond donors (Lipinski definition) is 2. The van der Waals surface area contributed by atoms with Crippen LogP contribution in [0.5, 0.6) is 0 Å². The average molecular weight is 229 g/mol. The van der Waals surface area contributed by atoms with Gasteiger partial charge >= 0.3 is 5.97 Å². The van der Waals surface area contributed by atoms with Crippen molar-refractivity contribution < 1.29 is 14.6 Å². The summed E-state index contributed by atoms with van der Waals surface area (Å²) >= 11 is 0. The van der Waals surface area contributed by atoms with Gasteiger partial charge in [-0.2, -0.15) is 0 Å². The summed E-state index contributed by atoms with van der Waals surface area (Å²) in [6, 6.07) is -0.683. The first-order chi connectivity index (χ1) is 7.52. The summed E-state index contributed by atoms with van der Waals surface area (Å²) in [5.74, 6) is 0.839. The fourth-order valence-corrected chi connectivity index (χ4v) is 2.48. The van der Waals surface area contributed by atoms with E-state index in [1.54, 1.807) is 0 Å². The Bertz CT molecular complexity index is 222. The molecule has 1 saturated carbocycles. The van der Waals surface area contributed by atoms with Gasteiger partial charge in [-0.25, -0.2) is 0 Å². The van der Waals surface area contributed by atoms with Crippen LogP contribution >= 0.6 is 0 Å². The van der Waals surface area contributed by atoms with Crippen LogP contribution in [0.3, 0.4) is 0 Å². The topological polar surface area (TPSA) is 72.5 Å². The second-order valence-electron chi connectivity index (χ2n) is 5.10. The molecule has 1 aliphatic rings. The molecule has 0 spiro atoms. The van der Waals surface area contributed by atoms with Crippen molar-refractivity contribution in [3.8, 4) is 0 Å². The van der Waals surface area contributed by atoms with Gasteiger partial charge in [-0.15, -0.1) is 0 Å². The summed E-state index contributed by atoms with van der Waals surface area (Å²) in [6.07, 6.45) is 3.35. The molecule has 2 unspecified atom stereocenters. The summed E-state index contributed by atoms with van der Waals surface area (Å²) in [5, 5.41) is 8.69. The van der Waals surface area contributed by atoms with Gasteiger partial charge in [0, 0.05) is 6.61 Å². The van der Waals surface area contributed by atoms with E-state index in [4.69, 9.17) is 15.6 Å². The summed E-state index contributed by atoms with van der Waals surface area (Å²) in [7, 11) is 0. The van der Waals surface area contributed by atoms with Crippen molar-refractivity contribution in [2.24, 2.45) is 17.6 Å². The van der Waals surface area contributed by atoms with Crippen molar-refractivity contribution in [3.63, 3.8) is 0 Å². The predicted molar refractivity (Wildman–Crippen MR) is 61.7 cm³/mol. The molecule has 0 radical (unpaired) electrons. The maximum Gasteiger partial charge on any atom is 0.323 e. The van der Waals surface area contributed by atoms with Crippen LogP contribution in [0.25, 0.3) is 0 Å². The third-order valence-corrected chi connectivity index (χ3v) is 3.16. The van der Waals surface area contributed by atoms with Crippen LogP contribution in [-0.4, -0.2) is 29.8 Å². The van der Waals surface area contributed by atoms with Crippen molar-refractivity contribution in [1.29, 1.82) is 0 Å². The largest absolute Gasteiger partial charge is 0.461 e. The van der Waals surface area contributed by atoms with Crippen molar-refractivity contribution in [1.82, 2.24) is 0 Å². The Morgan fingerprint density at radius 1 is 1.38 bits per heavy atom. The van der Waals surface area contributed by atoms with Gasteiger partial charge in [0.15, 0.2) is 0 Å². The normalized spacial score (nSPS) is 32.1. The summed E-state index contributed by atoms with van der Waals surface area (Å²) in [4.78, 5) is 11.6. The van der Waals surface area contributed by atoms with Crippen LogP contribution in [-0.2, 0) is 9.53 Å². The summed E-state index contributed by atoms with van der Waals surface area (Å²) in [6.45, 7) is 4.29. The predicted octanol–water partition coefficient (Wildman–Crippen LogP) is 1.06. The third kappa shape index (κ3) is 4.10. The second-order valence-corrected chi connectivity index (χ2v) is 5.10. The lowest BCUT2D eigenvalue weighted by atomic mass is 9.82. The molecule has 0 bridgehead atoms. The van der Waals surface area contributed by atoms with Gasteiger partial charge < -0.3 is 15.6 Å². The SMILES string of the molecule is CC1CC(C)CC(OC(=O)[C@@H](N)CCO)C1. The van der Waals surface area contributed by atoms with Crippen molar-refractivity contribution in [2.45, 2.75) is 51.7 Å². The number of aliphatic hydroxyl groups is 1. The lowest BCUT2D eigenvalue weighted by Gasteiger charge is -2.31. The van der Waals surface area contributed by atoms with Crippen LogP contribution < -0.4 is 5.73 Å². The quantitative estimate of drug-likeness (QED) is 0.707. The van der Waals surface area contributed by atoms with E-state index in [-0.39, 0.29) is 25.1 Å². The molecule has 0 amide bonds. The minimum atomic E-state index is -0.683. The Hall–Kier alpha value is -0.610. The molecular weight excluding hydrogens is 206 g/mol. The van der Waals surface area contributed by atoms with Crippen molar-refractivity contribution in [3.05, 3.63) is 0 Å². The highest BCUT2D eigenvalue weighted by molar-refractivity contribution is 5.75. The Labute approximate surface area is 97.2 Å². The molecule has 0 aromatic carbocycles. The Morgan fingerprint density at radius 3 is 2.44 bits per heavy atom. The summed E-state index contributed by atoms with van der Waals surface area (Å²) in [5.41, 5.74) is 5.58. The highest BCUT2D eigenvalue weighted by Gasteiger charge is 2.28. The third-order valence-electron chi connectivity index (χ3n) is 3.16. The standard InChI is InChI=1S/C12H23NO3/c1-8-5-9(2)7-10(6-8)16-12(15)11(13)3-4-14/h8-11,14H,3-7,13H2,1-2H3/t8?,9?,10?,11-/m0/s1. The van der Waals surface area contributed by atoms with Crippen LogP contribution in [0, 0.1) is 11.8 Å². The molecule has 0 aromatic rings. The van der Waals surface area contributed by atoms with E-state index in [1.807, 2.05) is 0 Å². The Morgan fingerprint density at radius 2 is 1.94 bits per heavy atom. The van der Waals surface area contributed by atoms with Gasteiger partial charge in [-0.3, -0.25) is 4.79 Å². The highest BCUT2D eigenvalue weighted by Crippen LogP contribution is 2.30. The average Bonchev–Trinajstić information content (AvgIpc) is 2.16. The molecule has 3 N–H and O–H groups in total. The Balaban J connectivity index is 2.38. The molecule has 0 aromatic heterocycles. The van der Waals surface area contributed by atoms with E-state index in [0.29, 0.717) is 11.8 Å². The molecule has 1 fully saturated rings. The summed E-state index contributed by atoms with van der Waals surface area (Å²) < 4.78 is 5.37. The zero-order valence-electron chi connectivity index (χ0n) is 10.2. The lowest BCUT2D eigenvalue weighted by Crippen LogP contribution is -2.37. The maximum atomic E-state index is 11.6. The molecule has 0 aliphatic heterocycles. The molecule has 1 aliphatic carbocycles. The number of carbonyl (C=O) groups is 1. The van der Waals surface area contributed by atoms with Gasteiger partial charge in [-0.05, 0) is 37.5 Å². The zero-order valence-corrected chi connectivity index (χ0v) is 10.2. The molecule has 4 nitrogen and oxygen atoms in total. The van der Waals surface area contributed by atoms with Crippen LogP contribution in [0.4, 0.5) is 0 Å². The van der Waals surface area contributed by atoms with E-state index in [1.165, 1.54) is 6.42 Å². The number of aliphatic hydroxyl groups excluding tert-OH is 1. The highest BCUT2D eigenvalue weighted by atomic mass is 16.5. The van der Waals surface area contributed by atoms with E-state index >= 15 is 0 Å². The molecule has 16 heavy (non-hydrogen) atoms. The smallest absolute Gasteiger partial charge is 0.323 e. The molecule has 0 saturated heterocycles.